The normalized spacial score (nSPS) is 12.6. The van der Waals surface area contributed by atoms with E-state index >= 15 is 0 Å². The van der Waals surface area contributed by atoms with Crippen LogP contribution >= 0.6 is 0 Å². The molecule has 1 N–H and O–H groups in total. The standard InChI is InChI=1S/C27H23NO6/c1-17(26(30)28-23(27(31)32)14-18-8-4-2-5-9-18)33-20-12-13-21-22(19-10-6-3-7-11-19)16-25(29)34-24(21)15-20/h2-13,15-17,23H,14H2,1H3,(H,28,30)(H,31,32)/p-1/t17-,23+/m1/s1. The van der Waals surface area contributed by atoms with Crippen LogP contribution in [0.5, 0.6) is 5.75 Å². The highest BCUT2D eigenvalue weighted by molar-refractivity contribution is 5.94. The smallest absolute Gasteiger partial charge is 0.336 e. The topological polar surface area (TPSA) is 109 Å². The molecule has 3 aromatic carbocycles. The zero-order valence-electron chi connectivity index (χ0n) is 18.4. The lowest BCUT2D eigenvalue weighted by molar-refractivity contribution is -0.308. The van der Waals surface area contributed by atoms with Crippen molar-refractivity contribution in [1.82, 2.24) is 5.32 Å². The van der Waals surface area contributed by atoms with Crippen molar-refractivity contribution >= 4 is 22.8 Å². The minimum Gasteiger partial charge on any atom is -0.548 e. The number of carbonyl (C=O) groups excluding carboxylic acids is 2. The molecule has 34 heavy (non-hydrogen) atoms. The Morgan fingerprint density at radius 1 is 0.971 bits per heavy atom. The molecule has 4 aromatic rings. The predicted molar refractivity (Wildman–Crippen MR) is 125 cm³/mol. The summed E-state index contributed by atoms with van der Waals surface area (Å²) in [6, 6.07) is 23.6. The van der Waals surface area contributed by atoms with Crippen LogP contribution in [-0.2, 0) is 16.0 Å². The van der Waals surface area contributed by atoms with Gasteiger partial charge in [-0.25, -0.2) is 4.79 Å². The van der Waals surface area contributed by atoms with Gasteiger partial charge in [0, 0.05) is 17.5 Å². The quantitative estimate of drug-likeness (QED) is 0.409. The summed E-state index contributed by atoms with van der Waals surface area (Å²) in [5.41, 5.74) is 2.15. The van der Waals surface area contributed by atoms with E-state index in [2.05, 4.69) is 5.32 Å². The second-order valence-corrected chi connectivity index (χ2v) is 7.83. The van der Waals surface area contributed by atoms with Crippen LogP contribution in [0.1, 0.15) is 12.5 Å². The van der Waals surface area contributed by atoms with Crippen molar-refractivity contribution in [2.24, 2.45) is 0 Å². The fourth-order valence-corrected chi connectivity index (χ4v) is 3.66. The Morgan fingerprint density at radius 3 is 2.32 bits per heavy atom. The van der Waals surface area contributed by atoms with Gasteiger partial charge in [-0.05, 0) is 42.2 Å². The molecular formula is C27H22NO6-. The zero-order valence-corrected chi connectivity index (χ0v) is 18.4. The predicted octanol–water partition coefficient (Wildman–Crippen LogP) is 2.70. The molecule has 0 aliphatic carbocycles. The molecule has 4 rings (SSSR count). The fourth-order valence-electron chi connectivity index (χ4n) is 3.66. The Kier molecular flexibility index (Phi) is 6.73. The van der Waals surface area contributed by atoms with Gasteiger partial charge in [-0.15, -0.1) is 0 Å². The minimum absolute atomic E-state index is 0.0883. The summed E-state index contributed by atoms with van der Waals surface area (Å²) in [6.45, 7) is 1.50. The number of carbonyl (C=O) groups is 2. The van der Waals surface area contributed by atoms with E-state index in [9.17, 15) is 19.5 Å². The second-order valence-electron chi connectivity index (χ2n) is 7.83. The van der Waals surface area contributed by atoms with Crippen molar-refractivity contribution in [3.63, 3.8) is 0 Å². The lowest BCUT2D eigenvalue weighted by atomic mass is 10.0. The van der Waals surface area contributed by atoms with Gasteiger partial charge in [-0.1, -0.05) is 60.7 Å². The van der Waals surface area contributed by atoms with E-state index < -0.39 is 29.6 Å². The van der Waals surface area contributed by atoms with E-state index in [1.807, 2.05) is 36.4 Å². The number of hydrogen-bond acceptors (Lipinski definition) is 6. The first-order valence-electron chi connectivity index (χ1n) is 10.8. The molecule has 1 amide bonds. The molecule has 1 heterocycles. The molecule has 0 saturated carbocycles. The Hall–Kier alpha value is -4.39. The van der Waals surface area contributed by atoms with Crippen molar-refractivity contribution in [3.8, 4) is 16.9 Å². The van der Waals surface area contributed by atoms with Crippen LogP contribution in [0, 0.1) is 0 Å². The molecule has 0 aliphatic rings. The van der Waals surface area contributed by atoms with Gasteiger partial charge < -0.3 is 24.4 Å². The van der Waals surface area contributed by atoms with E-state index in [1.54, 1.807) is 36.4 Å². The first-order chi connectivity index (χ1) is 16.4. The number of aliphatic carboxylic acids is 1. The van der Waals surface area contributed by atoms with Crippen LogP contribution in [0.2, 0.25) is 0 Å². The summed E-state index contributed by atoms with van der Waals surface area (Å²) in [7, 11) is 0. The molecule has 0 bridgehead atoms. The van der Waals surface area contributed by atoms with Crippen molar-refractivity contribution in [3.05, 3.63) is 101 Å². The SMILES string of the molecule is C[C@@H](Oc1ccc2c(-c3ccccc3)cc(=O)oc2c1)C(=O)N[C@@H](Cc1ccccc1)C(=O)[O-]. The van der Waals surface area contributed by atoms with Gasteiger partial charge in [0.05, 0.1) is 12.0 Å². The lowest BCUT2D eigenvalue weighted by Gasteiger charge is -2.22. The number of benzene rings is 3. The third-order valence-electron chi connectivity index (χ3n) is 5.37. The highest BCUT2D eigenvalue weighted by Crippen LogP contribution is 2.29. The largest absolute Gasteiger partial charge is 0.548 e. The number of rotatable bonds is 8. The third-order valence-corrected chi connectivity index (χ3v) is 5.37. The Bertz CT molecular complexity index is 1360. The molecule has 7 heteroatoms. The van der Waals surface area contributed by atoms with E-state index in [4.69, 9.17) is 9.15 Å². The van der Waals surface area contributed by atoms with Crippen molar-refractivity contribution in [2.45, 2.75) is 25.5 Å². The van der Waals surface area contributed by atoms with Gasteiger partial charge >= 0.3 is 5.63 Å². The zero-order chi connectivity index (χ0) is 24.1. The Balaban J connectivity index is 1.51. The van der Waals surface area contributed by atoms with E-state index in [0.29, 0.717) is 11.3 Å². The summed E-state index contributed by atoms with van der Waals surface area (Å²) < 4.78 is 11.1. The number of hydrogen-bond donors (Lipinski definition) is 1. The number of carboxylic acid groups (broad SMARTS) is 1. The van der Waals surface area contributed by atoms with Gasteiger partial charge in [0.2, 0.25) is 0 Å². The van der Waals surface area contributed by atoms with Crippen LogP contribution in [-0.4, -0.2) is 24.0 Å². The average molecular weight is 456 g/mol. The van der Waals surface area contributed by atoms with Crippen LogP contribution in [0.4, 0.5) is 0 Å². The Labute approximate surface area is 195 Å². The molecule has 0 saturated heterocycles. The van der Waals surface area contributed by atoms with Crippen molar-refractivity contribution in [2.75, 3.05) is 0 Å². The molecular weight excluding hydrogens is 434 g/mol. The van der Waals surface area contributed by atoms with E-state index in [-0.39, 0.29) is 6.42 Å². The van der Waals surface area contributed by atoms with Crippen LogP contribution < -0.4 is 20.8 Å². The maximum Gasteiger partial charge on any atom is 0.336 e. The highest BCUT2D eigenvalue weighted by atomic mass is 16.5. The number of amides is 1. The second kappa shape index (κ2) is 10.0. The van der Waals surface area contributed by atoms with E-state index in [1.165, 1.54) is 19.1 Å². The number of nitrogens with one attached hydrogen (secondary N) is 1. The molecule has 0 spiro atoms. The van der Waals surface area contributed by atoms with Gasteiger partial charge in [-0.3, -0.25) is 4.79 Å². The molecule has 0 aliphatic heterocycles. The fraction of sp³-hybridized carbons (Fsp3) is 0.148. The molecule has 1 aromatic heterocycles. The molecule has 0 unspecified atom stereocenters. The first-order valence-corrected chi connectivity index (χ1v) is 10.8. The van der Waals surface area contributed by atoms with Crippen LogP contribution in [0.15, 0.2) is 94.1 Å². The van der Waals surface area contributed by atoms with Gasteiger partial charge in [0.15, 0.2) is 6.10 Å². The van der Waals surface area contributed by atoms with Crippen LogP contribution in [0.3, 0.4) is 0 Å². The van der Waals surface area contributed by atoms with Crippen molar-refractivity contribution < 1.29 is 23.8 Å². The molecule has 0 radical (unpaired) electrons. The summed E-state index contributed by atoms with van der Waals surface area (Å²) in [6.07, 6.45) is -0.913. The maximum atomic E-state index is 12.6. The molecule has 172 valence electrons. The number of fused-ring (bicyclic) bond motifs is 1. The van der Waals surface area contributed by atoms with Gasteiger partial charge in [-0.2, -0.15) is 0 Å². The van der Waals surface area contributed by atoms with Gasteiger partial charge in [0.25, 0.3) is 5.91 Å². The number of ether oxygens (including phenoxy) is 1. The maximum absolute atomic E-state index is 12.6. The minimum atomic E-state index is -1.38. The summed E-state index contributed by atoms with van der Waals surface area (Å²) >= 11 is 0. The molecule has 0 fully saturated rings. The van der Waals surface area contributed by atoms with Crippen LogP contribution in [0.25, 0.3) is 22.1 Å². The number of carboxylic acids is 1. The highest BCUT2D eigenvalue weighted by Gasteiger charge is 2.21. The monoisotopic (exact) mass is 456 g/mol. The third kappa shape index (κ3) is 5.32. The molecule has 7 nitrogen and oxygen atoms in total. The van der Waals surface area contributed by atoms with E-state index in [0.717, 1.165) is 22.1 Å². The lowest BCUT2D eigenvalue weighted by Crippen LogP contribution is -2.52. The molecule has 2 atom stereocenters. The average Bonchev–Trinajstić information content (AvgIpc) is 2.84. The summed E-state index contributed by atoms with van der Waals surface area (Å²) in [5.74, 6) is -1.69. The van der Waals surface area contributed by atoms with Crippen molar-refractivity contribution in [1.29, 1.82) is 0 Å². The van der Waals surface area contributed by atoms with Gasteiger partial charge in [0.1, 0.15) is 11.3 Å². The Morgan fingerprint density at radius 2 is 1.65 bits per heavy atom. The summed E-state index contributed by atoms with van der Waals surface area (Å²) in [4.78, 5) is 36.3. The first kappa shape index (κ1) is 22.8. The summed E-state index contributed by atoms with van der Waals surface area (Å²) in [5, 5.41) is 14.7.